The quantitative estimate of drug-likeness (QED) is 0.140. The standard InChI is InChI=1S/C49H19B13N2/c50-36-31(37(51)43(57)48(62)42(36)56)23-11-9-21(10-12-23)29-32-34(40(54)46(60)44(58)38(32)52)30(35-33(29)39(53)45(59)47(61)41(35)55)22-13-15-24(16-14-22)49-63-27-7-3-4-8-28(27)64(49)26-18-17-20-5-1-2-6-25(20)19-26/h1-19H. The Morgan fingerprint density at radius 2 is 0.688 bits per heavy atom. The number of hydrogen-bond donors (Lipinski definition) is 0. The predicted octanol–water partition coefficient (Wildman–Crippen LogP) is -2.53. The number of para-hydroxylation sites is 2. The molecule has 0 saturated carbocycles. The fourth-order valence-electron chi connectivity index (χ4n) is 9.07. The molecule has 0 unspecified atom stereocenters. The molecule has 9 aromatic carbocycles. The van der Waals surface area contributed by atoms with Crippen LogP contribution >= 0.6 is 0 Å². The summed E-state index contributed by atoms with van der Waals surface area (Å²) in [6.07, 6.45) is 0. The minimum atomic E-state index is 0.0967. The van der Waals surface area contributed by atoms with Gasteiger partial charge in [0.1, 0.15) is 108 Å². The summed E-state index contributed by atoms with van der Waals surface area (Å²) in [7, 11) is 86.0. The Morgan fingerprint density at radius 1 is 0.312 bits per heavy atom. The van der Waals surface area contributed by atoms with E-state index in [-0.39, 0.29) is 71.0 Å². The lowest BCUT2D eigenvalue weighted by Crippen LogP contribution is -2.55. The highest BCUT2D eigenvalue weighted by Crippen LogP contribution is 2.42. The van der Waals surface area contributed by atoms with Crippen LogP contribution in [0, 0.1) is 0 Å². The lowest BCUT2D eigenvalue weighted by atomic mass is 9.59. The number of aromatic nitrogens is 2. The Labute approximate surface area is 389 Å². The number of hydrogen-bond acceptors (Lipinski definition) is 1. The van der Waals surface area contributed by atoms with E-state index in [9.17, 15) is 0 Å². The van der Waals surface area contributed by atoms with Gasteiger partial charge in [0, 0.05) is 11.3 Å². The smallest absolute Gasteiger partial charge is 0.145 e. The zero-order valence-electron chi connectivity index (χ0n) is 34.4. The third-order valence-electron chi connectivity index (χ3n) is 12.5. The summed E-state index contributed by atoms with van der Waals surface area (Å²) in [5.74, 6) is 0.742. The Kier molecular flexibility index (Phi) is 10.3. The van der Waals surface area contributed by atoms with Crippen molar-refractivity contribution >= 4 is 216 Å². The molecule has 0 aliphatic carbocycles. The summed E-state index contributed by atoms with van der Waals surface area (Å²) in [5.41, 5.74) is 8.94. The van der Waals surface area contributed by atoms with Gasteiger partial charge in [0.15, 0.2) is 0 Å². The first-order valence-corrected chi connectivity index (χ1v) is 20.2. The Balaban J connectivity index is 1.24. The molecule has 0 amide bonds. The molecule has 0 bridgehead atoms. The van der Waals surface area contributed by atoms with Crippen LogP contribution in [0.4, 0.5) is 0 Å². The van der Waals surface area contributed by atoms with E-state index in [4.69, 9.17) is 107 Å². The van der Waals surface area contributed by atoms with Crippen molar-refractivity contribution < 1.29 is 0 Å². The van der Waals surface area contributed by atoms with Crippen molar-refractivity contribution in [3.63, 3.8) is 0 Å². The zero-order chi connectivity index (χ0) is 45.0. The number of rotatable bonds is 5. The molecule has 0 atom stereocenters. The molecular weight excluding hydrogens is 757 g/mol. The van der Waals surface area contributed by atoms with E-state index in [1.165, 1.54) is 0 Å². The SMILES string of the molecule is [B]c1c([B])c([B])c(-c2ccc(-c3c4c([B])c([B])c([B])c([B])c4c(-c4ccc(-c5nc6ccccc6n5-c5ccc6ccccc6c5)cc4)c4c([B])c([B])c([B])c([B])c34)cc2)c([B])c1[B]. The molecule has 0 saturated heterocycles. The van der Waals surface area contributed by atoms with E-state index in [0.29, 0.717) is 54.9 Å². The van der Waals surface area contributed by atoms with Gasteiger partial charge in [-0.1, -0.05) is 124 Å². The van der Waals surface area contributed by atoms with Gasteiger partial charge in [-0.2, -0.15) is 0 Å². The molecule has 26 radical (unpaired) electrons. The molecule has 64 heavy (non-hydrogen) atoms. The van der Waals surface area contributed by atoms with Crippen molar-refractivity contribution in [2.24, 2.45) is 0 Å². The van der Waals surface area contributed by atoms with Gasteiger partial charge < -0.3 is 0 Å². The van der Waals surface area contributed by atoms with Crippen LogP contribution in [0.3, 0.4) is 0 Å². The molecule has 2 nitrogen and oxygen atoms in total. The van der Waals surface area contributed by atoms with E-state index in [1.54, 1.807) is 0 Å². The highest BCUT2D eigenvalue weighted by molar-refractivity contribution is 6.72. The van der Waals surface area contributed by atoms with E-state index in [1.807, 2.05) is 78.9 Å². The molecule has 0 aliphatic heterocycles. The number of benzene rings is 9. The first-order chi connectivity index (χ1) is 30.7. The van der Waals surface area contributed by atoms with Gasteiger partial charge >= 0.3 is 0 Å². The topological polar surface area (TPSA) is 17.8 Å². The maximum absolute atomic E-state index is 7.02. The van der Waals surface area contributed by atoms with Gasteiger partial charge in [-0.25, -0.2) is 4.98 Å². The first kappa shape index (κ1) is 42.0. The van der Waals surface area contributed by atoms with E-state index >= 15 is 0 Å². The fourth-order valence-corrected chi connectivity index (χ4v) is 9.07. The van der Waals surface area contributed by atoms with Crippen molar-refractivity contribution in [1.29, 1.82) is 0 Å². The molecule has 0 fully saturated rings. The Hall–Kier alpha value is -5.93. The molecule has 0 N–H and O–H groups in total. The van der Waals surface area contributed by atoms with Crippen LogP contribution < -0.4 is 71.0 Å². The van der Waals surface area contributed by atoms with Crippen molar-refractivity contribution in [1.82, 2.24) is 9.55 Å². The molecule has 0 spiro atoms. The monoisotopic (exact) mass is 778 g/mol. The van der Waals surface area contributed by atoms with Crippen molar-refractivity contribution in [3.8, 4) is 50.5 Å². The maximum atomic E-state index is 7.02. The van der Waals surface area contributed by atoms with Gasteiger partial charge in [0.25, 0.3) is 0 Å². The third kappa shape index (κ3) is 6.24. The van der Waals surface area contributed by atoms with Crippen LogP contribution in [-0.4, -0.2) is 112 Å². The Bertz CT molecular complexity index is 3530. The molecule has 10 rings (SSSR count). The van der Waals surface area contributed by atoms with Crippen LogP contribution in [0.1, 0.15) is 0 Å². The molecular formula is C49H19B13N2. The fraction of sp³-hybridized carbons (Fsp3) is 0. The second-order valence-corrected chi connectivity index (χ2v) is 15.9. The predicted molar refractivity (Wildman–Crippen MR) is 285 cm³/mol. The molecule has 1 aromatic heterocycles. The number of imidazole rings is 1. The van der Waals surface area contributed by atoms with Crippen LogP contribution in [0.5, 0.6) is 0 Å². The summed E-state index contributed by atoms with van der Waals surface area (Å²) >= 11 is 0. The summed E-state index contributed by atoms with van der Waals surface area (Å²) < 4.78 is 2.16. The molecule has 15 heteroatoms. The largest absolute Gasteiger partial charge is 0.292 e. The minimum absolute atomic E-state index is 0.0967. The maximum Gasteiger partial charge on any atom is 0.145 e. The first-order valence-electron chi connectivity index (χ1n) is 20.2. The lowest BCUT2D eigenvalue weighted by Gasteiger charge is -2.28. The van der Waals surface area contributed by atoms with Gasteiger partial charge in [0.05, 0.1) is 11.0 Å². The molecule has 264 valence electrons. The normalized spacial score (nSPS) is 11.6. The summed E-state index contributed by atoms with van der Waals surface area (Å²) in [5, 5.41) is 4.15. The average molecular weight is 776 g/mol. The van der Waals surface area contributed by atoms with Crippen molar-refractivity contribution in [2.45, 2.75) is 0 Å². The molecule has 10 aromatic rings. The summed E-state index contributed by atoms with van der Waals surface area (Å²) in [6.45, 7) is 0. The second-order valence-electron chi connectivity index (χ2n) is 15.9. The van der Waals surface area contributed by atoms with Gasteiger partial charge in [0.2, 0.25) is 0 Å². The zero-order valence-corrected chi connectivity index (χ0v) is 34.4. The Morgan fingerprint density at radius 3 is 1.17 bits per heavy atom. The van der Waals surface area contributed by atoms with Gasteiger partial charge in [-0.3, -0.25) is 4.57 Å². The second kappa shape index (κ2) is 15.7. The minimum Gasteiger partial charge on any atom is -0.292 e. The van der Waals surface area contributed by atoms with Gasteiger partial charge in [-0.05, 0) is 90.0 Å². The van der Waals surface area contributed by atoms with Gasteiger partial charge in [-0.15, -0.1) is 38.2 Å². The molecule has 1 heterocycles. The average Bonchev–Trinajstić information content (AvgIpc) is 3.71. The molecule has 0 aliphatic rings. The van der Waals surface area contributed by atoms with E-state index in [2.05, 4.69) is 41.0 Å². The summed E-state index contributed by atoms with van der Waals surface area (Å²) in [4.78, 5) is 5.13. The van der Waals surface area contributed by atoms with Crippen molar-refractivity contribution in [3.05, 3.63) is 115 Å². The third-order valence-corrected chi connectivity index (χ3v) is 12.5. The number of fused-ring (bicyclic) bond motifs is 4. The van der Waals surface area contributed by atoms with Crippen LogP contribution in [0.2, 0.25) is 0 Å². The number of nitrogens with zero attached hydrogens (tertiary/aromatic N) is 2. The van der Waals surface area contributed by atoms with E-state index in [0.717, 1.165) is 38.9 Å². The highest BCUT2D eigenvalue weighted by Gasteiger charge is 2.25. The van der Waals surface area contributed by atoms with Crippen LogP contribution in [-0.2, 0) is 0 Å². The highest BCUT2D eigenvalue weighted by atomic mass is 15.1. The van der Waals surface area contributed by atoms with Crippen LogP contribution in [0.15, 0.2) is 115 Å². The summed E-state index contributed by atoms with van der Waals surface area (Å²) in [6, 6.07) is 37.9. The van der Waals surface area contributed by atoms with Crippen molar-refractivity contribution in [2.75, 3.05) is 0 Å². The lowest BCUT2D eigenvalue weighted by molar-refractivity contribution is 1.11. The van der Waals surface area contributed by atoms with Crippen LogP contribution in [0.25, 0.3) is 93.8 Å². The van der Waals surface area contributed by atoms with E-state index < -0.39 is 0 Å².